The van der Waals surface area contributed by atoms with Crippen LogP contribution in [0.1, 0.15) is 40.0 Å². The van der Waals surface area contributed by atoms with Gasteiger partial charge in [0.1, 0.15) is 0 Å². The van der Waals surface area contributed by atoms with Crippen molar-refractivity contribution in [3.63, 3.8) is 0 Å². The lowest BCUT2D eigenvalue weighted by molar-refractivity contribution is -0.149. The number of rotatable bonds is 5. The number of primary amides is 1. The lowest BCUT2D eigenvalue weighted by Gasteiger charge is -2.45. The molecule has 0 heterocycles. The summed E-state index contributed by atoms with van der Waals surface area (Å²) in [5.74, 6) is -0.488. The van der Waals surface area contributed by atoms with Gasteiger partial charge in [-0.15, -0.1) is 0 Å². The summed E-state index contributed by atoms with van der Waals surface area (Å²) in [6.45, 7) is 6.43. The van der Waals surface area contributed by atoms with Gasteiger partial charge >= 0.3 is 0 Å². The molecule has 16 heavy (non-hydrogen) atoms. The number of hydrogen-bond donors (Lipinski definition) is 2. The zero-order chi connectivity index (χ0) is 12.3. The fourth-order valence-corrected chi connectivity index (χ4v) is 2.74. The molecule has 0 spiro atoms. The van der Waals surface area contributed by atoms with E-state index in [1.165, 1.54) is 0 Å². The molecule has 0 aromatic rings. The minimum Gasteiger partial charge on any atom is -0.369 e. The number of hydrogen-bond acceptors (Lipinski definition) is 2. The standard InChI is InChI=1S/C12H22N2O2/c1-4-14-10(15)9(8(2)3)12(11(13)16)6-5-7-12/h8-9H,4-7H2,1-3H3,(H2,13,16)(H,14,15). The molecule has 1 rings (SSSR count). The molecule has 3 N–H and O–H groups in total. The Morgan fingerprint density at radius 3 is 2.19 bits per heavy atom. The first kappa shape index (κ1) is 13.0. The van der Waals surface area contributed by atoms with Crippen LogP contribution in [0.5, 0.6) is 0 Å². The Morgan fingerprint density at radius 1 is 1.38 bits per heavy atom. The van der Waals surface area contributed by atoms with Crippen molar-refractivity contribution < 1.29 is 9.59 Å². The molecule has 1 aliphatic carbocycles. The lowest BCUT2D eigenvalue weighted by Crippen LogP contribution is -2.55. The van der Waals surface area contributed by atoms with E-state index in [9.17, 15) is 9.59 Å². The molecule has 92 valence electrons. The van der Waals surface area contributed by atoms with E-state index in [0.29, 0.717) is 6.54 Å². The minimum absolute atomic E-state index is 0.0315. The SMILES string of the molecule is CCNC(=O)C(C(C)C)C1(C(N)=O)CCC1. The van der Waals surface area contributed by atoms with Crippen molar-refractivity contribution in [2.24, 2.45) is 23.0 Å². The summed E-state index contributed by atoms with van der Waals surface area (Å²) >= 11 is 0. The molecule has 0 aromatic heterocycles. The van der Waals surface area contributed by atoms with E-state index in [-0.39, 0.29) is 23.7 Å². The molecule has 0 aliphatic heterocycles. The lowest BCUT2D eigenvalue weighted by atomic mass is 9.57. The smallest absolute Gasteiger partial charge is 0.224 e. The van der Waals surface area contributed by atoms with E-state index in [2.05, 4.69) is 5.32 Å². The summed E-state index contributed by atoms with van der Waals surface area (Å²) in [6, 6.07) is 0. The third-order valence-electron chi connectivity index (χ3n) is 3.63. The van der Waals surface area contributed by atoms with Gasteiger partial charge in [0.25, 0.3) is 0 Å². The van der Waals surface area contributed by atoms with Crippen molar-refractivity contribution in [3.8, 4) is 0 Å². The highest BCUT2D eigenvalue weighted by atomic mass is 16.2. The van der Waals surface area contributed by atoms with Crippen LogP contribution < -0.4 is 11.1 Å². The third kappa shape index (κ3) is 2.06. The second-order valence-electron chi connectivity index (χ2n) is 4.99. The average molecular weight is 226 g/mol. The van der Waals surface area contributed by atoms with Crippen molar-refractivity contribution in [1.82, 2.24) is 5.32 Å². The van der Waals surface area contributed by atoms with Crippen LogP contribution in [-0.2, 0) is 9.59 Å². The Hall–Kier alpha value is -1.06. The van der Waals surface area contributed by atoms with Gasteiger partial charge in [-0.1, -0.05) is 20.3 Å². The van der Waals surface area contributed by atoms with Crippen LogP contribution in [0.15, 0.2) is 0 Å². The van der Waals surface area contributed by atoms with E-state index < -0.39 is 5.41 Å². The fraction of sp³-hybridized carbons (Fsp3) is 0.833. The van der Waals surface area contributed by atoms with E-state index in [1.54, 1.807) is 0 Å². The minimum atomic E-state index is -0.590. The normalized spacial score (nSPS) is 20.0. The maximum absolute atomic E-state index is 12.0. The molecule has 2 amide bonds. The quantitative estimate of drug-likeness (QED) is 0.735. The molecule has 0 bridgehead atoms. The van der Waals surface area contributed by atoms with Gasteiger partial charge in [0.15, 0.2) is 0 Å². The van der Waals surface area contributed by atoms with E-state index in [4.69, 9.17) is 5.73 Å². The molecule has 4 heteroatoms. The molecule has 0 saturated heterocycles. The molecule has 0 aromatic carbocycles. The monoisotopic (exact) mass is 226 g/mol. The van der Waals surface area contributed by atoms with Gasteiger partial charge in [-0.2, -0.15) is 0 Å². The number of nitrogens with two attached hydrogens (primary N) is 1. The Balaban J connectivity index is 2.92. The second-order valence-corrected chi connectivity index (χ2v) is 4.99. The topological polar surface area (TPSA) is 72.2 Å². The summed E-state index contributed by atoms with van der Waals surface area (Å²) in [5.41, 5.74) is 4.90. The highest BCUT2D eigenvalue weighted by Crippen LogP contribution is 2.49. The first-order chi connectivity index (χ1) is 7.45. The van der Waals surface area contributed by atoms with Crippen LogP contribution in [0.2, 0.25) is 0 Å². The predicted molar refractivity (Wildman–Crippen MR) is 62.5 cm³/mol. The molecule has 1 saturated carbocycles. The zero-order valence-corrected chi connectivity index (χ0v) is 10.4. The van der Waals surface area contributed by atoms with Crippen LogP contribution in [0.3, 0.4) is 0 Å². The third-order valence-corrected chi connectivity index (χ3v) is 3.63. The van der Waals surface area contributed by atoms with Crippen LogP contribution in [0.4, 0.5) is 0 Å². The van der Waals surface area contributed by atoms with Crippen molar-refractivity contribution in [2.45, 2.75) is 40.0 Å². The number of amides is 2. The summed E-state index contributed by atoms with van der Waals surface area (Å²) in [4.78, 5) is 23.6. The second kappa shape index (κ2) is 4.85. The maximum atomic E-state index is 12.0. The van der Waals surface area contributed by atoms with Gasteiger partial charge in [-0.25, -0.2) is 0 Å². The summed E-state index contributed by atoms with van der Waals surface area (Å²) in [7, 11) is 0. The highest BCUT2D eigenvalue weighted by molar-refractivity contribution is 5.90. The van der Waals surface area contributed by atoms with E-state index in [0.717, 1.165) is 19.3 Å². The van der Waals surface area contributed by atoms with Gasteiger partial charge in [0.05, 0.1) is 11.3 Å². The van der Waals surface area contributed by atoms with Crippen LogP contribution in [-0.4, -0.2) is 18.4 Å². The van der Waals surface area contributed by atoms with E-state index >= 15 is 0 Å². The van der Waals surface area contributed by atoms with Crippen molar-refractivity contribution in [1.29, 1.82) is 0 Å². The Kier molecular flexibility index (Phi) is 3.94. The van der Waals surface area contributed by atoms with Gasteiger partial charge < -0.3 is 11.1 Å². The Labute approximate surface area is 97.0 Å². The molecule has 1 fully saturated rings. The number of carbonyl (C=O) groups is 2. The maximum Gasteiger partial charge on any atom is 0.224 e. The largest absolute Gasteiger partial charge is 0.369 e. The van der Waals surface area contributed by atoms with Gasteiger partial charge in [-0.05, 0) is 25.7 Å². The Morgan fingerprint density at radius 2 is 1.94 bits per heavy atom. The van der Waals surface area contributed by atoms with Crippen LogP contribution in [0, 0.1) is 17.3 Å². The molecule has 4 nitrogen and oxygen atoms in total. The number of nitrogens with one attached hydrogen (secondary N) is 1. The van der Waals surface area contributed by atoms with Crippen molar-refractivity contribution in [3.05, 3.63) is 0 Å². The zero-order valence-electron chi connectivity index (χ0n) is 10.4. The molecule has 0 radical (unpaired) electrons. The average Bonchev–Trinajstić information content (AvgIpc) is 2.09. The van der Waals surface area contributed by atoms with Crippen LogP contribution in [0.25, 0.3) is 0 Å². The molecule has 1 unspecified atom stereocenters. The molecular weight excluding hydrogens is 204 g/mol. The summed E-state index contributed by atoms with van der Waals surface area (Å²) < 4.78 is 0. The summed E-state index contributed by atoms with van der Waals surface area (Å²) in [5, 5.41) is 2.81. The van der Waals surface area contributed by atoms with Gasteiger partial charge in [0.2, 0.25) is 11.8 Å². The van der Waals surface area contributed by atoms with Crippen molar-refractivity contribution >= 4 is 11.8 Å². The first-order valence-corrected chi connectivity index (χ1v) is 6.03. The molecule has 1 aliphatic rings. The van der Waals surface area contributed by atoms with Gasteiger partial charge in [-0.3, -0.25) is 9.59 Å². The molecular formula is C12H22N2O2. The highest BCUT2D eigenvalue weighted by Gasteiger charge is 2.52. The van der Waals surface area contributed by atoms with Crippen LogP contribution >= 0.6 is 0 Å². The van der Waals surface area contributed by atoms with Crippen molar-refractivity contribution in [2.75, 3.05) is 6.54 Å². The number of carbonyl (C=O) groups excluding carboxylic acids is 2. The Bertz CT molecular complexity index is 283. The predicted octanol–water partition coefficient (Wildman–Crippen LogP) is 1.05. The van der Waals surface area contributed by atoms with E-state index in [1.807, 2.05) is 20.8 Å². The first-order valence-electron chi connectivity index (χ1n) is 6.03. The van der Waals surface area contributed by atoms with Gasteiger partial charge in [0, 0.05) is 6.54 Å². The fourth-order valence-electron chi connectivity index (χ4n) is 2.74. The molecule has 1 atom stereocenters. The summed E-state index contributed by atoms with van der Waals surface area (Å²) in [6.07, 6.45) is 2.50.